The Labute approximate surface area is 223 Å². The van der Waals surface area contributed by atoms with Gasteiger partial charge in [-0.25, -0.2) is 4.98 Å². The molecule has 1 aromatic carbocycles. The molecule has 1 saturated carbocycles. The van der Waals surface area contributed by atoms with E-state index in [1.165, 1.54) is 23.8 Å². The van der Waals surface area contributed by atoms with Gasteiger partial charge in [-0.05, 0) is 43.7 Å². The quantitative estimate of drug-likeness (QED) is 0.433. The zero-order valence-electron chi connectivity index (χ0n) is 20.9. The first kappa shape index (κ1) is 25.0. The number of rotatable bonds is 7. The number of aliphatic carboxylic acids is 1. The van der Waals surface area contributed by atoms with Crippen LogP contribution in [0.2, 0.25) is 0 Å². The Balaban J connectivity index is 1.42. The molecule has 1 spiro atoms. The van der Waals surface area contributed by atoms with Gasteiger partial charge in [0.25, 0.3) is 0 Å². The van der Waals surface area contributed by atoms with Crippen molar-refractivity contribution in [1.82, 2.24) is 4.98 Å². The van der Waals surface area contributed by atoms with Crippen LogP contribution >= 0.6 is 11.3 Å². The van der Waals surface area contributed by atoms with Gasteiger partial charge in [-0.1, -0.05) is 30.3 Å². The van der Waals surface area contributed by atoms with E-state index in [1.54, 1.807) is 4.90 Å². The summed E-state index contributed by atoms with van der Waals surface area (Å²) in [6.45, 7) is 3.27. The number of anilines is 1. The van der Waals surface area contributed by atoms with E-state index in [0.717, 1.165) is 18.4 Å². The Morgan fingerprint density at radius 3 is 2.63 bits per heavy atom. The standard InChI is InChI=1S/C28H28N2O7S/c1-16-21-23(31)28(13-18(14-28)26(32)33)27(34)30(25(21)38-22(16)24-29-9-12-36-24)15-20(17-5-3-2-4-6-17)37-19-7-10-35-11-8-19/h2-6,9,12,18-20H,7-8,10-11,13-15H2,1H3,(H,32,33)/t18?,20-,28?/m0/s1. The van der Waals surface area contributed by atoms with E-state index < -0.39 is 23.4 Å². The highest BCUT2D eigenvalue weighted by atomic mass is 32.1. The summed E-state index contributed by atoms with van der Waals surface area (Å²) in [5.74, 6) is -1.99. The molecule has 1 amide bonds. The Morgan fingerprint density at radius 1 is 1.24 bits per heavy atom. The molecular weight excluding hydrogens is 508 g/mol. The molecule has 198 valence electrons. The average Bonchev–Trinajstić information content (AvgIpc) is 3.54. The highest BCUT2D eigenvalue weighted by Crippen LogP contribution is 2.57. The molecule has 2 aromatic heterocycles. The van der Waals surface area contributed by atoms with Gasteiger partial charge in [0, 0.05) is 13.2 Å². The van der Waals surface area contributed by atoms with Crippen molar-refractivity contribution in [3.05, 3.63) is 59.5 Å². The highest BCUT2D eigenvalue weighted by molar-refractivity contribution is 7.20. The molecule has 1 aliphatic carbocycles. The number of carboxylic acid groups (broad SMARTS) is 1. The van der Waals surface area contributed by atoms with Crippen LogP contribution in [0.25, 0.3) is 10.8 Å². The van der Waals surface area contributed by atoms with Crippen molar-refractivity contribution in [3.8, 4) is 10.8 Å². The molecule has 1 atom stereocenters. The molecule has 3 aliphatic rings. The van der Waals surface area contributed by atoms with Crippen LogP contribution in [-0.2, 0) is 19.1 Å². The molecule has 1 N–H and O–H groups in total. The van der Waals surface area contributed by atoms with Gasteiger partial charge in [0.1, 0.15) is 22.8 Å². The topological polar surface area (TPSA) is 119 Å². The van der Waals surface area contributed by atoms with Crippen LogP contribution in [0.1, 0.15) is 53.3 Å². The fourth-order valence-corrected chi connectivity index (χ4v) is 7.02. The summed E-state index contributed by atoms with van der Waals surface area (Å²) in [6, 6.07) is 9.75. The van der Waals surface area contributed by atoms with Crippen molar-refractivity contribution in [1.29, 1.82) is 0 Å². The number of carbonyl (C=O) groups excluding carboxylic acids is 2. The van der Waals surface area contributed by atoms with Crippen molar-refractivity contribution in [2.75, 3.05) is 24.7 Å². The van der Waals surface area contributed by atoms with Crippen LogP contribution in [0.3, 0.4) is 0 Å². The SMILES string of the molecule is Cc1c(-c2ncco2)sc2c1C(=O)C1(CC(C(=O)O)C1)C(=O)N2C[C@H](OC1CCOCC1)c1ccccc1. The lowest BCUT2D eigenvalue weighted by Gasteiger charge is -2.48. The number of fused-ring (bicyclic) bond motifs is 1. The molecule has 0 unspecified atom stereocenters. The summed E-state index contributed by atoms with van der Waals surface area (Å²) in [4.78, 5) is 46.3. The Bertz CT molecular complexity index is 1360. The summed E-state index contributed by atoms with van der Waals surface area (Å²) in [5, 5.41) is 10.1. The molecule has 2 aliphatic heterocycles. The maximum atomic E-state index is 14.1. The third kappa shape index (κ3) is 4.07. The normalized spacial score (nSPS) is 24.3. The van der Waals surface area contributed by atoms with Crippen LogP contribution < -0.4 is 4.90 Å². The van der Waals surface area contributed by atoms with Crippen LogP contribution in [0, 0.1) is 18.3 Å². The van der Waals surface area contributed by atoms with Crippen LogP contribution in [0.5, 0.6) is 0 Å². The number of hydrogen-bond acceptors (Lipinski definition) is 8. The molecule has 3 aromatic rings. The Hall–Kier alpha value is -3.34. The minimum absolute atomic E-state index is 0.00358. The molecule has 9 nitrogen and oxygen atoms in total. The van der Waals surface area contributed by atoms with Gasteiger partial charge < -0.3 is 19.0 Å². The summed E-state index contributed by atoms with van der Waals surface area (Å²) in [5.41, 5.74) is 0.687. The molecule has 10 heteroatoms. The number of carboxylic acids is 1. The van der Waals surface area contributed by atoms with Crippen LogP contribution in [0.15, 0.2) is 47.2 Å². The Kier molecular flexibility index (Phi) is 6.41. The smallest absolute Gasteiger partial charge is 0.306 e. The number of thiophene rings is 1. The number of ether oxygens (including phenoxy) is 2. The van der Waals surface area contributed by atoms with Crippen molar-refractivity contribution in [2.45, 2.75) is 44.8 Å². The third-order valence-corrected chi connectivity index (χ3v) is 9.20. The van der Waals surface area contributed by atoms with Gasteiger partial charge in [-0.3, -0.25) is 19.3 Å². The number of amides is 1. The summed E-state index contributed by atoms with van der Waals surface area (Å²) in [6.07, 6.45) is 4.07. The number of benzene rings is 1. The highest BCUT2D eigenvalue weighted by Gasteiger charge is 2.63. The van der Waals surface area contributed by atoms with Gasteiger partial charge in [-0.2, -0.15) is 0 Å². The lowest BCUT2D eigenvalue weighted by Crippen LogP contribution is -2.60. The number of oxazole rings is 1. The summed E-state index contributed by atoms with van der Waals surface area (Å²) >= 11 is 1.30. The average molecular weight is 537 g/mol. The number of ketones is 1. The molecule has 0 radical (unpaired) electrons. The van der Waals surface area contributed by atoms with Gasteiger partial charge in [-0.15, -0.1) is 11.3 Å². The molecule has 1 saturated heterocycles. The monoisotopic (exact) mass is 536 g/mol. The summed E-state index contributed by atoms with van der Waals surface area (Å²) in [7, 11) is 0. The first-order valence-electron chi connectivity index (χ1n) is 12.8. The minimum Gasteiger partial charge on any atom is -0.481 e. The van der Waals surface area contributed by atoms with Crippen LogP contribution in [0.4, 0.5) is 5.00 Å². The zero-order valence-corrected chi connectivity index (χ0v) is 21.7. The van der Waals surface area contributed by atoms with Gasteiger partial charge in [0.15, 0.2) is 5.78 Å². The second kappa shape index (κ2) is 9.76. The number of nitrogens with zero attached hydrogens (tertiary/aromatic N) is 2. The maximum Gasteiger partial charge on any atom is 0.306 e. The van der Waals surface area contributed by atoms with E-state index in [0.29, 0.717) is 40.1 Å². The molecule has 2 fully saturated rings. The Morgan fingerprint density at radius 2 is 1.97 bits per heavy atom. The first-order valence-corrected chi connectivity index (χ1v) is 13.6. The zero-order chi connectivity index (χ0) is 26.4. The van der Waals surface area contributed by atoms with Gasteiger partial charge >= 0.3 is 5.97 Å². The maximum absolute atomic E-state index is 14.1. The fraction of sp³-hybridized carbons (Fsp3) is 0.429. The largest absolute Gasteiger partial charge is 0.481 e. The third-order valence-electron chi connectivity index (χ3n) is 7.90. The van der Waals surface area contributed by atoms with E-state index in [2.05, 4.69) is 4.98 Å². The lowest BCUT2D eigenvalue weighted by atomic mass is 9.56. The van der Waals surface area contributed by atoms with Gasteiger partial charge in [0.05, 0.1) is 35.2 Å². The van der Waals surface area contributed by atoms with E-state index in [9.17, 15) is 19.5 Å². The molecule has 0 bridgehead atoms. The molecular formula is C28H28N2O7S. The van der Waals surface area contributed by atoms with Crippen LogP contribution in [-0.4, -0.2) is 53.6 Å². The molecule has 4 heterocycles. The predicted octanol–water partition coefficient (Wildman–Crippen LogP) is 4.66. The predicted molar refractivity (Wildman–Crippen MR) is 138 cm³/mol. The number of Topliss-reactive ketones (excluding diaryl/α,β-unsaturated/α-hetero) is 1. The first-order chi connectivity index (χ1) is 18.4. The molecule has 38 heavy (non-hydrogen) atoms. The van der Waals surface area contributed by atoms with E-state index in [-0.39, 0.29) is 37.2 Å². The fourth-order valence-electron chi connectivity index (χ4n) is 5.77. The second-order valence-electron chi connectivity index (χ2n) is 10.2. The number of hydrogen-bond donors (Lipinski definition) is 1. The van der Waals surface area contributed by atoms with Crippen molar-refractivity contribution in [2.24, 2.45) is 11.3 Å². The van der Waals surface area contributed by atoms with Crippen molar-refractivity contribution < 1.29 is 33.4 Å². The molecule has 6 rings (SSSR count). The van der Waals surface area contributed by atoms with Gasteiger partial charge in [0.2, 0.25) is 11.8 Å². The minimum atomic E-state index is -1.38. The summed E-state index contributed by atoms with van der Waals surface area (Å²) < 4.78 is 17.6. The van der Waals surface area contributed by atoms with Crippen molar-refractivity contribution >= 4 is 34.0 Å². The van der Waals surface area contributed by atoms with E-state index in [4.69, 9.17) is 13.9 Å². The number of carbonyl (C=O) groups is 3. The van der Waals surface area contributed by atoms with E-state index in [1.807, 2.05) is 37.3 Å². The lowest BCUT2D eigenvalue weighted by molar-refractivity contribution is -0.152. The number of aromatic nitrogens is 1. The van der Waals surface area contributed by atoms with E-state index >= 15 is 0 Å². The van der Waals surface area contributed by atoms with Crippen molar-refractivity contribution in [3.63, 3.8) is 0 Å². The second-order valence-corrected chi connectivity index (χ2v) is 11.2.